The van der Waals surface area contributed by atoms with Crippen LogP contribution in [-0.2, 0) is 6.42 Å². The molecular weight excluding hydrogens is 569 g/mol. The van der Waals surface area contributed by atoms with Crippen LogP contribution in [0.25, 0.3) is 49.0 Å². The van der Waals surface area contributed by atoms with Crippen LogP contribution in [0.4, 0.5) is 0 Å². The second-order valence-electron chi connectivity index (χ2n) is 11.8. The number of aliphatic hydroxyl groups is 1. The fourth-order valence-electron chi connectivity index (χ4n) is 6.38. The lowest BCUT2D eigenvalue weighted by molar-refractivity contribution is 0.399. The Balaban J connectivity index is 0.000000378. The van der Waals surface area contributed by atoms with Gasteiger partial charge in [-0.25, -0.2) is 0 Å². The summed E-state index contributed by atoms with van der Waals surface area (Å²) in [5.41, 5.74) is 9.16. The summed E-state index contributed by atoms with van der Waals surface area (Å²) in [6.07, 6.45) is 11.0. The summed E-state index contributed by atoms with van der Waals surface area (Å²) in [7, 11) is 1.00. The minimum Gasteiger partial charge on any atom is -0.400 e. The predicted octanol–water partition coefficient (Wildman–Crippen LogP) is 11.9. The second kappa shape index (κ2) is 15.2. The Kier molecular flexibility index (Phi) is 10.2. The number of allylic oxidation sites excluding steroid dienone is 6. The fraction of sp³-hybridized carbons (Fsp3) is 0.0870. The van der Waals surface area contributed by atoms with E-state index in [1.165, 1.54) is 71.3 Å². The highest BCUT2D eigenvalue weighted by Crippen LogP contribution is 2.37. The van der Waals surface area contributed by atoms with Gasteiger partial charge in [0.1, 0.15) is 0 Å². The zero-order chi connectivity index (χ0) is 32.4. The Labute approximate surface area is 278 Å². The van der Waals surface area contributed by atoms with Gasteiger partial charge >= 0.3 is 0 Å². The van der Waals surface area contributed by atoms with Crippen molar-refractivity contribution in [3.05, 3.63) is 198 Å². The van der Waals surface area contributed by atoms with Crippen molar-refractivity contribution in [1.82, 2.24) is 0 Å². The van der Waals surface area contributed by atoms with Gasteiger partial charge in [-0.1, -0.05) is 169 Å². The lowest BCUT2D eigenvalue weighted by Crippen LogP contribution is -1.90. The minimum absolute atomic E-state index is 0.937. The van der Waals surface area contributed by atoms with Crippen molar-refractivity contribution in [2.45, 2.75) is 19.8 Å². The average molecular weight is 609 g/mol. The molecule has 1 nitrogen and oxygen atoms in total. The fourth-order valence-corrected chi connectivity index (χ4v) is 6.38. The van der Waals surface area contributed by atoms with Crippen LogP contribution in [0.1, 0.15) is 23.1 Å². The minimum atomic E-state index is 0.937. The molecule has 0 saturated carbocycles. The third-order valence-electron chi connectivity index (χ3n) is 8.65. The van der Waals surface area contributed by atoms with E-state index in [-0.39, 0.29) is 0 Å². The van der Waals surface area contributed by atoms with Gasteiger partial charge in [-0.2, -0.15) is 0 Å². The summed E-state index contributed by atoms with van der Waals surface area (Å²) in [5.74, 6) is 0. The van der Waals surface area contributed by atoms with Gasteiger partial charge in [0, 0.05) is 7.11 Å². The topological polar surface area (TPSA) is 20.2 Å². The number of rotatable bonds is 4. The van der Waals surface area contributed by atoms with Crippen LogP contribution >= 0.6 is 0 Å². The molecular formula is C46H40O. The molecule has 1 aliphatic rings. The Morgan fingerprint density at radius 1 is 0.489 bits per heavy atom. The van der Waals surface area contributed by atoms with Crippen LogP contribution < -0.4 is 0 Å². The quantitative estimate of drug-likeness (QED) is 0.197. The van der Waals surface area contributed by atoms with E-state index in [1.54, 1.807) is 0 Å². The van der Waals surface area contributed by atoms with Gasteiger partial charge in [0.25, 0.3) is 0 Å². The van der Waals surface area contributed by atoms with Gasteiger partial charge in [-0.15, -0.1) is 0 Å². The summed E-state index contributed by atoms with van der Waals surface area (Å²) in [4.78, 5) is 0. The molecule has 0 fully saturated rings. The predicted molar refractivity (Wildman–Crippen MR) is 204 cm³/mol. The first-order chi connectivity index (χ1) is 23.2. The first-order valence-electron chi connectivity index (χ1n) is 16.2. The molecule has 0 spiro atoms. The van der Waals surface area contributed by atoms with Crippen molar-refractivity contribution >= 4 is 37.9 Å². The number of aliphatic hydroxyl groups excluding tert-OH is 1. The largest absolute Gasteiger partial charge is 0.400 e. The molecule has 0 aliphatic heterocycles. The molecule has 0 unspecified atom stereocenters. The number of aryl methyl sites for hydroxylation is 1. The molecule has 0 amide bonds. The molecule has 0 saturated heterocycles. The molecule has 1 aliphatic carbocycles. The van der Waals surface area contributed by atoms with Gasteiger partial charge in [0.05, 0.1) is 0 Å². The normalized spacial score (nSPS) is 12.3. The molecule has 1 heteroatoms. The number of benzene rings is 7. The summed E-state index contributed by atoms with van der Waals surface area (Å²) < 4.78 is 0. The van der Waals surface area contributed by atoms with Crippen LogP contribution in [0, 0.1) is 6.92 Å². The van der Waals surface area contributed by atoms with Crippen molar-refractivity contribution < 1.29 is 5.11 Å². The first kappa shape index (κ1) is 31.5. The van der Waals surface area contributed by atoms with Crippen LogP contribution in [0.2, 0.25) is 0 Å². The van der Waals surface area contributed by atoms with Crippen molar-refractivity contribution in [1.29, 1.82) is 0 Å². The number of fused-ring (bicyclic) bond motifs is 6. The highest BCUT2D eigenvalue weighted by atomic mass is 16.2. The van der Waals surface area contributed by atoms with Crippen molar-refractivity contribution in [3.8, 4) is 11.1 Å². The van der Waals surface area contributed by atoms with E-state index >= 15 is 0 Å². The molecule has 0 radical (unpaired) electrons. The highest BCUT2D eigenvalue weighted by Gasteiger charge is 2.11. The standard InChI is InChI=1S/C38H28.C7H8.CH4O/c1-2-11-27(12-3-1)23-28-13-4-5-14-29(24-28)30-15-10-16-31(25-30)32-21-22-37-35-19-7-6-17-33(35)34-18-8-9-20-36(34)38(37)26-32;1-7-5-3-2-4-6-7;1-2/h1-13,15-22,24-26H,14,23H2;2-6H,1H3;2H,1H3. The van der Waals surface area contributed by atoms with Crippen LogP contribution in [0.15, 0.2) is 182 Å². The van der Waals surface area contributed by atoms with E-state index in [4.69, 9.17) is 5.11 Å². The monoisotopic (exact) mass is 608 g/mol. The van der Waals surface area contributed by atoms with E-state index in [0.717, 1.165) is 20.0 Å². The van der Waals surface area contributed by atoms with Crippen LogP contribution in [0.3, 0.4) is 0 Å². The Hall–Kier alpha value is -5.50. The summed E-state index contributed by atoms with van der Waals surface area (Å²) in [6, 6.07) is 54.6. The maximum absolute atomic E-state index is 7.00. The van der Waals surface area contributed by atoms with E-state index in [2.05, 4.69) is 165 Å². The highest BCUT2D eigenvalue weighted by molar-refractivity contribution is 6.25. The van der Waals surface area contributed by atoms with Gasteiger partial charge < -0.3 is 5.11 Å². The zero-order valence-corrected chi connectivity index (χ0v) is 27.1. The molecule has 0 heterocycles. The van der Waals surface area contributed by atoms with Crippen molar-refractivity contribution in [3.63, 3.8) is 0 Å². The second-order valence-corrected chi connectivity index (χ2v) is 11.8. The van der Waals surface area contributed by atoms with Crippen LogP contribution in [0.5, 0.6) is 0 Å². The molecule has 7 aromatic rings. The van der Waals surface area contributed by atoms with Gasteiger partial charge in [-0.3, -0.25) is 0 Å². The summed E-state index contributed by atoms with van der Waals surface area (Å²) >= 11 is 0. The molecule has 8 rings (SSSR count). The van der Waals surface area contributed by atoms with E-state index < -0.39 is 0 Å². The molecule has 230 valence electrons. The zero-order valence-electron chi connectivity index (χ0n) is 27.1. The maximum Gasteiger partial charge on any atom is 0.0319 e. The Morgan fingerprint density at radius 3 is 1.64 bits per heavy atom. The Morgan fingerprint density at radius 2 is 1.02 bits per heavy atom. The Bertz CT molecular complexity index is 2170. The van der Waals surface area contributed by atoms with Gasteiger partial charge in [0.15, 0.2) is 0 Å². The van der Waals surface area contributed by atoms with E-state index in [0.29, 0.717) is 0 Å². The molecule has 0 aromatic heterocycles. The van der Waals surface area contributed by atoms with E-state index in [1.807, 2.05) is 18.2 Å². The molecule has 0 bridgehead atoms. The third-order valence-corrected chi connectivity index (χ3v) is 8.65. The molecule has 1 N–H and O–H groups in total. The van der Waals surface area contributed by atoms with Crippen LogP contribution in [-0.4, -0.2) is 12.2 Å². The lowest BCUT2D eigenvalue weighted by Gasteiger charge is -2.13. The SMILES string of the molecule is C1=CCC(c2cccc(-c3ccc4c5ccccc5c5ccccc5c4c3)c2)=CC(Cc2ccccc2)=C1.CO.Cc1ccccc1. The van der Waals surface area contributed by atoms with Gasteiger partial charge in [-0.05, 0) is 97.6 Å². The van der Waals surface area contributed by atoms with E-state index in [9.17, 15) is 0 Å². The average Bonchev–Trinajstić information content (AvgIpc) is 3.39. The van der Waals surface area contributed by atoms with Gasteiger partial charge in [0.2, 0.25) is 0 Å². The summed E-state index contributed by atoms with van der Waals surface area (Å²) in [5, 5.41) is 14.9. The molecule has 7 aromatic carbocycles. The summed E-state index contributed by atoms with van der Waals surface area (Å²) in [6.45, 7) is 2.08. The van der Waals surface area contributed by atoms with Crippen molar-refractivity contribution in [2.75, 3.05) is 7.11 Å². The first-order valence-corrected chi connectivity index (χ1v) is 16.2. The van der Waals surface area contributed by atoms with Crippen molar-refractivity contribution in [2.24, 2.45) is 0 Å². The molecule has 0 atom stereocenters. The maximum atomic E-state index is 7.00. The molecule has 47 heavy (non-hydrogen) atoms. The smallest absolute Gasteiger partial charge is 0.0319 e. The third kappa shape index (κ3) is 7.33. The number of hydrogen-bond donors (Lipinski definition) is 1. The number of hydrogen-bond acceptors (Lipinski definition) is 1. The lowest BCUT2D eigenvalue weighted by atomic mass is 9.91.